The highest BCUT2D eigenvalue weighted by atomic mass is 79.9. The smallest absolute Gasteiger partial charge is 0.0550 e. The first-order chi connectivity index (χ1) is 8.70. The molecule has 0 fully saturated rings. The Balaban J connectivity index is 2.20. The van der Waals surface area contributed by atoms with Crippen molar-refractivity contribution in [3.05, 3.63) is 69.2 Å². The fourth-order valence-corrected chi connectivity index (χ4v) is 2.44. The number of nitrogens with two attached hydrogens (primary N) is 1. The molecule has 18 heavy (non-hydrogen) atoms. The van der Waals surface area contributed by atoms with Crippen molar-refractivity contribution in [2.24, 2.45) is 5.73 Å². The Hall–Kier alpha value is -0.830. The first kappa shape index (κ1) is 13.6. The second-order valence-electron chi connectivity index (χ2n) is 4.30. The second-order valence-corrected chi connectivity index (χ2v) is 5.56. The van der Waals surface area contributed by atoms with E-state index in [1.807, 2.05) is 18.2 Å². The fourth-order valence-electron chi connectivity index (χ4n) is 2.00. The summed E-state index contributed by atoms with van der Waals surface area (Å²) in [4.78, 5) is 0. The van der Waals surface area contributed by atoms with E-state index in [0.29, 0.717) is 12.5 Å². The third-order valence-corrected chi connectivity index (χ3v) is 4.26. The van der Waals surface area contributed by atoms with Gasteiger partial charge in [-0.3, -0.25) is 0 Å². The van der Waals surface area contributed by atoms with Crippen molar-refractivity contribution < 1.29 is 0 Å². The molecule has 0 heterocycles. The molecule has 1 nitrogen and oxygen atoms in total. The van der Waals surface area contributed by atoms with Crippen LogP contribution in [-0.4, -0.2) is 6.54 Å². The zero-order chi connectivity index (χ0) is 13.0. The molecule has 0 spiro atoms. The third kappa shape index (κ3) is 3.35. The van der Waals surface area contributed by atoms with Crippen molar-refractivity contribution in [2.75, 3.05) is 6.54 Å². The van der Waals surface area contributed by atoms with Gasteiger partial charge in [-0.25, -0.2) is 0 Å². The van der Waals surface area contributed by atoms with Gasteiger partial charge in [0.15, 0.2) is 0 Å². The molecule has 0 saturated carbocycles. The van der Waals surface area contributed by atoms with Crippen molar-refractivity contribution in [3.8, 4) is 0 Å². The van der Waals surface area contributed by atoms with Crippen LogP contribution in [0.4, 0.5) is 0 Å². The van der Waals surface area contributed by atoms with Crippen LogP contribution in [0.15, 0.2) is 53.0 Å². The molecule has 0 amide bonds. The molecule has 0 aliphatic rings. The Morgan fingerprint density at radius 1 is 1.11 bits per heavy atom. The van der Waals surface area contributed by atoms with Crippen molar-refractivity contribution in [3.63, 3.8) is 0 Å². The van der Waals surface area contributed by atoms with E-state index >= 15 is 0 Å². The lowest BCUT2D eigenvalue weighted by Gasteiger charge is -2.16. The minimum absolute atomic E-state index is 0.304. The maximum absolute atomic E-state index is 6.13. The standard InChI is InChI=1S/C15H15BrClN/c16-14-7-6-12(9-15(14)17)13(10-18)8-11-4-2-1-3-5-11/h1-7,9,13H,8,10,18H2. The lowest BCUT2D eigenvalue weighted by Crippen LogP contribution is -2.15. The van der Waals surface area contributed by atoms with Crippen molar-refractivity contribution in [1.82, 2.24) is 0 Å². The van der Waals surface area contributed by atoms with Crippen LogP contribution in [0.25, 0.3) is 0 Å². The second kappa shape index (κ2) is 6.37. The van der Waals surface area contributed by atoms with Gasteiger partial charge >= 0.3 is 0 Å². The van der Waals surface area contributed by atoms with Crippen molar-refractivity contribution in [2.45, 2.75) is 12.3 Å². The zero-order valence-electron chi connectivity index (χ0n) is 9.94. The summed E-state index contributed by atoms with van der Waals surface area (Å²) in [6.07, 6.45) is 0.940. The molecular weight excluding hydrogens is 310 g/mol. The maximum atomic E-state index is 6.13. The van der Waals surface area contributed by atoms with Gasteiger partial charge < -0.3 is 5.73 Å². The largest absolute Gasteiger partial charge is 0.330 e. The summed E-state index contributed by atoms with van der Waals surface area (Å²) in [7, 11) is 0. The molecule has 2 aromatic carbocycles. The van der Waals surface area contributed by atoms with Gasteiger partial charge in [-0.05, 0) is 52.2 Å². The zero-order valence-corrected chi connectivity index (χ0v) is 12.3. The molecule has 0 radical (unpaired) electrons. The lowest BCUT2D eigenvalue weighted by atomic mass is 9.92. The topological polar surface area (TPSA) is 26.0 Å². The SMILES string of the molecule is NCC(Cc1ccccc1)c1ccc(Br)c(Cl)c1. The first-order valence-corrected chi connectivity index (χ1v) is 7.06. The van der Waals surface area contributed by atoms with Gasteiger partial charge in [-0.15, -0.1) is 0 Å². The molecule has 0 bridgehead atoms. The first-order valence-electron chi connectivity index (χ1n) is 5.89. The van der Waals surface area contributed by atoms with E-state index in [1.165, 1.54) is 11.1 Å². The Kier molecular flexibility index (Phi) is 4.81. The Labute approximate surface area is 121 Å². The number of hydrogen-bond donors (Lipinski definition) is 1. The predicted octanol–water partition coefficient (Wildman–Crippen LogP) is 4.39. The minimum Gasteiger partial charge on any atom is -0.330 e. The fraction of sp³-hybridized carbons (Fsp3) is 0.200. The van der Waals surface area contributed by atoms with Crippen LogP contribution in [-0.2, 0) is 6.42 Å². The summed E-state index contributed by atoms with van der Waals surface area (Å²) >= 11 is 9.53. The summed E-state index contributed by atoms with van der Waals surface area (Å²) < 4.78 is 0.920. The van der Waals surface area contributed by atoms with Crippen molar-refractivity contribution >= 4 is 27.5 Å². The highest BCUT2D eigenvalue weighted by Crippen LogP contribution is 2.28. The summed E-state index contributed by atoms with van der Waals surface area (Å²) in [5, 5.41) is 0.735. The van der Waals surface area contributed by atoms with Crippen LogP contribution in [0.1, 0.15) is 17.0 Å². The van der Waals surface area contributed by atoms with E-state index in [4.69, 9.17) is 17.3 Å². The van der Waals surface area contributed by atoms with Gasteiger partial charge in [0, 0.05) is 10.4 Å². The van der Waals surface area contributed by atoms with E-state index in [0.717, 1.165) is 15.9 Å². The van der Waals surface area contributed by atoms with Crippen LogP contribution in [0.2, 0.25) is 5.02 Å². The van der Waals surface area contributed by atoms with E-state index in [-0.39, 0.29) is 0 Å². The molecule has 1 unspecified atom stereocenters. The average molecular weight is 325 g/mol. The summed E-state index contributed by atoms with van der Waals surface area (Å²) in [5.74, 6) is 0.304. The molecule has 94 valence electrons. The molecule has 3 heteroatoms. The van der Waals surface area contributed by atoms with E-state index in [1.54, 1.807) is 0 Å². The predicted molar refractivity (Wildman–Crippen MR) is 81.1 cm³/mol. The number of benzene rings is 2. The molecule has 1 atom stereocenters. The van der Waals surface area contributed by atoms with Gasteiger partial charge in [-0.1, -0.05) is 48.0 Å². The van der Waals surface area contributed by atoms with Crippen LogP contribution in [0, 0.1) is 0 Å². The maximum Gasteiger partial charge on any atom is 0.0550 e. The van der Waals surface area contributed by atoms with Crippen LogP contribution in [0.5, 0.6) is 0 Å². The van der Waals surface area contributed by atoms with Crippen LogP contribution in [0.3, 0.4) is 0 Å². The highest BCUT2D eigenvalue weighted by molar-refractivity contribution is 9.10. The normalized spacial score (nSPS) is 12.4. The van der Waals surface area contributed by atoms with Gasteiger partial charge in [0.25, 0.3) is 0 Å². The molecule has 0 aliphatic heterocycles. The third-order valence-electron chi connectivity index (χ3n) is 3.02. The monoisotopic (exact) mass is 323 g/mol. The molecule has 2 N–H and O–H groups in total. The van der Waals surface area contributed by atoms with E-state index < -0.39 is 0 Å². The molecule has 2 aromatic rings. The summed E-state index contributed by atoms with van der Waals surface area (Å²) in [5.41, 5.74) is 8.37. The lowest BCUT2D eigenvalue weighted by molar-refractivity contribution is 0.694. The Bertz CT molecular complexity index is 513. The van der Waals surface area contributed by atoms with Crippen LogP contribution < -0.4 is 5.73 Å². The molecule has 2 rings (SSSR count). The summed E-state index contributed by atoms with van der Waals surface area (Å²) in [6, 6.07) is 16.4. The molecule has 0 aromatic heterocycles. The summed E-state index contributed by atoms with van der Waals surface area (Å²) in [6.45, 7) is 0.618. The van der Waals surface area contributed by atoms with E-state index in [9.17, 15) is 0 Å². The molecular formula is C15H15BrClN. The number of rotatable bonds is 4. The Morgan fingerprint density at radius 3 is 2.44 bits per heavy atom. The average Bonchev–Trinajstić information content (AvgIpc) is 2.40. The molecule has 0 aliphatic carbocycles. The van der Waals surface area contributed by atoms with Gasteiger partial charge in [0.2, 0.25) is 0 Å². The van der Waals surface area contributed by atoms with Gasteiger partial charge in [0.05, 0.1) is 5.02 Å². The number of hydrogen-bond acceptors (Lipinski definition) is 1. The van der Waals surface area contributed by atoms with Gasteiger partial charge in [-0.2, -0.15) is 0 Å². The quantitative estimate of drug-likeness (QED) is 0.887. The van der Waals surface area contributed by atoms with Gasteiger partial charge in [0.1, 0.15) is 0 Å². The molecule has 0 saturated heterocycles. The van der Waals surface area contributed by atoms with Crippen LogP contribution >= 0.6 is 27.5 Å². The minimum atomic E-state index is 0.304. The van der Waals surface area contributed by atoms with E-state index in [2.05, 4.69) is 46.3 Å². The Morgan fingerprint density at radius 2 is 1.83 bits per heavy atom. The van der Waals surface area contributed by atoms with Crippen molar-refractivity contribution in [1.29, 1.82) is 0 Å². The highest BCUT2D eigenvalue weighted by Gasteiger charge is 2.12. The number of halogens is 2.